The molecule has 3 rings (SSSR count). The van der Waals surface area contributed by atoms with Gasteiger partial charge >= 0.3 is 11.6 Å². The molecule has 0 aliphatic carbocycles. The molecule has 6 nitrogen and oxygen atoms in total. The van der Waals surface area contributed by atoms with Crippen molar-refractivity contribution in [2.75, 3.05) is 13.2 Å². The zero-order chi connectivity index (χ0) is 23.0. The molecule has 0 bridgehead atoms. The second kappa shape index (κ2) is 10.9. The average Bonchev–Trinajstić information content (AvgIpc) is 2.80. The molecule has 170 valence electrons. The highest BCUT2D eigenvalue weighted by Gasteiger charge is 2.26. The van der Waals surface area contributed by atoms with Gasteiger partial charge in [0.15, 0.2) is 0 Å². The van der Waals surface area contributed by atoms with E-state index < -0.39 is 5.41 Å². The normalized spacial score (nSPS) is 11.5. The summed E-state index contributed by atoms with van der Waals surface area (Å²) in [5.41, 5.74) is 0.980. The molecule has 0 spiro atoms. The highest BCUT2D eigenvalue weighted by molar-refractivity contribution is 5.81. The van der Waals surface area contributed by atoms with Crippen LogP contribution in [-0.4, -0.2) is 24.2 Å². The average molecular weight is 438 g/mol. The standard InChI is InChI=1S/C26H31NO5/c1-4-26(2,3)25(29)31-15-11-6-5-10-14-30-23-17-22-20(18-27-23)16-21(24(28)32-22)19-12-8-7-9-13-19/h7-9,12-13,16-18H,4-6,10-11,14-15H2,1-3H3. The summed E-state index contributed by atoms with van der Waals surface area (Å²) in [5, 5.41) is 0.747. The van der Waals surface area contributed by atoms with Crippen molar-refractivity contribution in [1.29, 1.82) is 0 Å². The van der Waals surface area contributed by atoms with Gasteiger partial charge in [-0.1, -0.05) is 37.3 Å². The lowest BCUT2D eigenvalue weighted by molar-refractivity contribution is -0.154. The minimum absolute atomic E-state index is 0.131. The van der Waals surface area contributed by atoms with E-state index in [0.717, 1.165) is 43.1 Å². The van der Waals surface area contributed by atoms with E-state index in [4.69, 9.17) is 13.9 Å². The summed E-state index contributed by atoms with van der Waals surface area (Å²) in [4.78, 5) is 28.6. The molecule has 0 amide bonds. The van der Waals surface area contributed by atoms with Gasteiger partial charge in [0.1, 0.15) is 5.58 Å². The molecule has 0 atom stereocenters. The van der Waals surface area contributed by atoms with Crippen LogP contribution in [0.25, 0.3) is 22.1 Å². The van der Waals surface area contributed by atoms with E-state index in [0.29, 0.717) is 30.2 Å². The Balaban J connectivity index is 1.43. The van der Waals surface area contributed by atoms with Gasteiger partial charge in [0.25, 0.3) is 0 Å². The summed E-state index contributed by atoms with van der Waals surface area (Å²) in [5.74, 6) is 0.303. The fourth-order valence-corrected chi connectivity index (χ4v) is 3.13. The Hall–Kier alpha value is -3.15. The second-order valence-corrected chi connectivity index (χ2v) is 8.51. The number of aromatic nitrogens is 1. The number of carbonyl (C=O) groups is 1. The van der Waals surface area contributed by atoms with Gasteiger partial charge in [0, 0.05) is 17.6 Å². The zero-order valence-corrected chi connectivity index (χ0v) is 19.1. The molecule has 0 aliphatic rings. The van der Waals surface area contributed by atoms with Crippen LogP contribution in [0.4, 0.5) is 0 Å². The number of unbranched alkanes of at least 4 members (excludes halogenated alkanes) is 3. The lowest BCUT2D eigenvalue weighted by Gasteiger charge is -2.20. The number of hydrogen-bond acceptors (Lipinski definition) is 6. The number of fused-ring (bicyclic) bond motifs is 1. The van der Waals surface area contributed by atoms with Gasteiger partial charge in [-0.2, -0.15) is 0 Å². The lowest BCUT2D eigenvalue weighted by Crippen LogP contribution is -2.26. The van der Waals surface area contributed by atoms with E-state index >= 15 is 0 Å². The van der Waals surface area contributed by atoms with E-state index in [2.05, 4.69) is 4.98 Å². The largest absolute Gasteiger partial charge is 0.478 e. The first kappa shape index (κ1) is 23.5. The number of carbonyl (C=O) groups excluding carboxylic acids is 1. The predicted octanol–water partition coefficient (Wildman–Crippen LogP) is 5.77. The first-order chi connectivity index (χ1) is 15.4. The fourth-order valence-electron chi connectivity index (χ4n) is 3.13. The Morgan fingerprint density at radius 3 is 2.47 bits per heavy atom. The number of ether oxygens (including phenoxy) is 2. The van der Waals surface area contributed by atoms with Gasteiger partial charge in [-0.15, -0.1) is 0 Å². The maximum atomic E-state index is 12.4. The summed E-state index contributed by atoms with van der Waals surface area (Å²) >= 11 is 0. The second-order valence-electron chi connectivity index (χ2n) is 8.51. The minimum atomic E-state index is -0.414. The van der Waals surface area contributed by atoms with Crippen LogP contribution in [0.3, 0.4) is 0 Å². The van der Waals surface area contributed by atoms with E-state index in [1.807, 2.05) is 51.1 Å². The van der Waals surface area contributed by atoms with E-state index in [-0.39, 0.29) is 11.6 Å². The highest BCUT2D eigenvalue weighted by atomic mass is 16.5. The third-order valence-electron chi connectivity index (χ3n) is 5.64. The van der Waals surface area contributed by atoms with Crippen LogP contribution in [0, 0.1) is 5.41 Å². The molecule has 0 saturated heterocycles. The molecule has 6 heteroatoms. The highest BCUT2D eigenvalue weighted by Crippen LogP contribution is 2.23. The van der Waals surface area contributed by atoms with Gasteiger partial charge in [-0.25, -0.2) is 9.78 Å². The molecule has 0 radical (unpaired) electrons. The number of esters is 1. The van der Waals surface area contributed by atoms with Gasteiger partial charge in [-0.05, 0) is 57.6 Å². The van der Waals surface area contributed by atoms with Crippen molar-refractivity contribution in [3.63, 3.8) is 0 Å². The first-order valence-corrected chi connectivity index (χ1v) is 11.2. The molecule has 0 unspecified atom stereocenters. The van der Waals surface area contributed by atoms with Gasteiger partial charge in [0.05, 0.1) is 24.2 Å². The summed E-state index contributed by atoms with van der Waals surface area (Å²) in [7, 11) is 0. The molecular formula is C26H31NO5. The molecule has 0 aliphatic heterocycles. The maximum absolute atomic E-state index is 12.4. The van der Waals surface area contributed by atoms with Crippen molar-refractivity contribution in [3.05, 3.63) is 59.1 Å². The lowest BCUT2D eigenvalue weighted by atomic mass is 9.91. The smallest absolute Gasteiger partial charge is 0.344 e. The van der Waals surface area contributed by atoms with Gasteiger partial charge in [-0.3, -0.25) is 4.79 Å². The predicted molar refractivity (Wildman–Crippen MR) is 125 cm³/mol. The van der Waals surface area contributed by atoms with Gasteiger partial charge in [0.2, 0.25) is 5.88 Å². The SMILES string of the molecule is CCC(C)(C)C(=O)OCCCCCCOc1cc2oc(=O)c(-c3ccccc3)cc2cn1. The monoisotopic (exact) mass is 437 g/mol. The Labute approximate surface area is 188 Å². The van der Waals surface area contributed by atoms with Crippen LogP contribution >= 0.6 is 0 Å². The van der Waals surface area contributed by atoms with Crippen LogP contribution in [-0.2, 0) is 9.53 Å². The van der Waals surface area contributed by atoms with Crippen molar-refractivity contribution in [2.24, 2.45) is 5.41 Å². The van der Waals surface area contributed by atoms with Crippen LogP contribution in [0.1, 0.15) is 52.9 Å². The summed E-state index contributed by atoms with van der Waals surface area (Å²) in [6.07, 6.45) is 6.07. The summed E-state index contributed by atoms with van der Waals surface area (Å²) in [6, 6.07) is 12.9. The number of pyridine rings is 1. The third kappa shape index (κ3) is 6.19. The van der Waals surface area contributed by atoms with Crippen molar-refractivity contribution in [3.8, 4) is 17.0 Å². The number of rotatable bonds is 11. The van der Waals surface area contributed by atoms with E-state index in [9.17, 15) is 9.59 Å². The Morgan fingerprint density at radius 2 is 1.75 bits per heavy atom. The van der Waals surface area contributed by atoms with Crippen molar-refractivity contribution in [1.82, 2.24) is 4.98 Å². The topological polar surface area (TPSA) is 78.6 Å². The van der Waals surface area contributed by atoms with Crippen molar-refractivity contribution < 1.29 is 18.7 Å². The minimum Gasteiger partial charge on any atom is -0.478 e. The molecule has 0 fully saturated rings. The van der Waals surface area contributed by atoms with Crippen molar-refractivity contribution in [2.45, 2.75) is 52.9 Å². The third-order valence-corrected chi connectivity index (χ3v) is 5.64. The van der Waals surface area contributed by atoms with Crippen LogP contribution in [0.2, 0.25) is 0 Å². The molecule has 2 aromatic heterocycles. The molecule has 0 saturated carbocycles. The first-order valence-electron chi connectivity index (χ1n) is 11.2. The fraction of sp³-hybridized carbons (Fsp3) is 0.423. The van der Waals surface area contributed by atoms with Crippen LogP contribution < -0.4 is 10.4 Å². The number of benzene rings is 1. The van der Waals surface area contributed by atoms with Crippen LogP contribution in [0.5, 0.6) is 5.88 Å². The van der Waals surface area contributed by atoms with E-state index in [1.54, 1.807) is 18.3 Å². The maximum Gasteiger partial charge on any atom is 0.344 e. The van der Waals surface area contributed by atoms with E-state index in [1.165, 1.54) is 0 Å². The Kier molecular flexibility index (Phi) is 8.03. The van der Waals surface area contributed by atoms with Crippen LogP contribution in [0.15, 0.2) is 57.9 Å². The molecule has 32 heavy (non-hydrogen) atoms. The van der Waals surface area contributed by atoms with Crippen molar-refractivity contribution >= 4 is 16.9 Å². The van der Waals surface area contributed by atoms with Gasteiger partial charge < -0.3 is 13.9 Å². The molecule has 1 aromatic carbocycles. The Bertz CT molecular complexity index is 1090. The Morgan fingerprint density at radius 1 is 1.03 bits per heavy atom. The molecule has 2 heterocycles. The molecule has 3 aromatic rings. The quantitative estimate of drug-likeness (QED) is 0.280. The molecule has 0 N–H and O–H groups in total. The number of nitrogens with zero attached hydrogens (tertiary/aromatic N) is 1. The molecular weight excluding hydrogens is 406 g/mol. The summed E-state index contributed by atoms with van der Waals surface area (Å²) in [6.45, 7) is 6.77. The zero-order valence-electron chi connectivity index (χ0n) is 19.1. The number of hydrogen-bond donors (Lipinski definition) is 0. The summed E-state index contributed by atoms with van der Waals surface area (Å²) < 4.78 is 16.6.